The summed E-state index contributed by atoms with van der Waals surface area (Å²) in [5, 5.41) is 6.82. The molecule has 0 atom stereocenters. The third-order valence-corrected chi connectivity index (χ3v) is 5.50. The first-order valence-electron chi connectivity index (χ1n) is 7.99. The predicted octanol–water partition coefficient (Wildman–Crippen LogP) is 4.10. The van der Waals surface area contributed by atoms with Crippen LogP contribution in [0.5, 0.6) is 0 Å². The molecule has 130 valence electrons. The van der Waals surface area contributed by atoms with Gasteiger partial charge in [0.2, 0.25) is 0 Å². The number of amides is 1. The quantitative estimate of drug-likeness (QED) is 0.662. The Hall–Kier alpha value is -2.12. The van der Waals surface area contributed by atoms with Gasteiger partial charge in [-0.1, -0.05) is 43.8 Å². The minimum absolute atomic E-state index is 0.157. The Kier molecular flexibility index (Phi) is 5.55. The van der Waals surface area contributed by atoms with E-state index in [2.05, 4.69) is 29.1 Å². The summed E-state index contributed by atoms with van der Waals surface area (Å²) >= 11 is 3.14. The number of nitrogens with one attached hydrogen (secondary N) is 1. The average Bonchev–Trinajstić information content (AvgIpc) is 3.27. The number of carbonyl (C=O) groups excluding carboxylic acids is 1. The van der Waals surface area contributed by atoms with E-state index < -0.39 is 0 Å². The largest absolute Gasteiger partial charge is 0.345 e. The van der Waals surface area contributed by atoms with Crippen LogP contribution in [0, 0.1) is 0 Å². The maximum Gasteiger partial charge on any atom is 0.270 e. The van der Waals surface area contributed by atoms with Crippen LogP contribution in [0.3, 0.4) is 0 Å². The van der Waals surface area contributed by atoms with E-state index in [1.807, 2.05) is 46.5 Å². The number of benzene rings is 1. The number of thioether (sulfide) groups is 1. The van der Waals surface area contributed by atoms with Crippen molar-refractivity contribution in [2.75, 3.05) is 6.26 Å². The summed E-state index contributed by atoms with van der Waals surface area (Å²) in [6.07, 6.45) is 3.57. The molecule has 0 radical (unpaired) electrons. The van der Waals surface area contributed by atoms with Crippen LogP contribution in [-0.2, 0) is 6.54 Å². The van der Waals surface area contributed by atoms with Gasteiger partial charge in [-0.2, -0.15) is 0 Å². The van der Waals surface area contributed by atoms with E-state index in [4.69, 9.17) is 0 Å². The van der Waals surface area contributed by atoms with Crippen molar-refractivity contribution in [3.05, 3.63) is 58.3 Å². The molecule has 0 bridgehead atoms. The summed E-state index contributed by atoms with van der Waals surface area (Å²) in [5.41, 5.74) is 2.33. The van der Waals surface area contributed by atoms with E-state index in [1.165, 1.54) is 11.8 Å². The topological polar surface area (TPSA) is 59.8 Å². The first-order chi connectivity index (χ1) is 12.1. The van der Waals surface area contributed by atoms with Crippen LogP contribution in [0.1, 0.15) is 41.0 Å². The fourth-order valence-corrected chi connectivity index (χ4v) is 3.78. The molecule has 0 aliphatic heterocycles. The van der Waals surface area contributed by atoms with Gasteiger partial charge >= 0.3 is 0 Å². The van der Waals surface area contributed by atoms with Gasteiger partial charge in [-0.3, -0.25) is 9.36 Å². The van der Waals surface area contributed by atoms with Crippen molar-refractivity contribution in [3.63, 3.8) is 0 Å². The molecule has 0 spiro atoms. The number of hydrogen-bond donors (Lipinski definition) is 1. The second-order valence-electron chi connectivity index (χ2n) is 5.82. The zero-order valence-electron chi connectivity index (χ0n) is 14.4. The number of thiazole rings is 1. The van der Waals surface area contributed by atoms with E-state index in [0.717, 1.165) is 21.5 Å². The van der Waals surface area contributed by atoms with Crippen molar-refractivity contribution in [2.24, 2.45) is 0 Å². The fraction of sp³-hybridized carbons (Fsp3) is 0.278. The highest BCUT2D eigenvalue weighted by Crippen LogP contribution is 2.22. The molecule has 0 saturated carbocycles. The van der Waals surface area contributed by atoms with Crippen molar-refractivity contribution < 1.29 is 4.79 Å². The molecule has 5 nitrogen and oxygen atoms in total. The van der Waals surface area contributed by atoms with Gasteiger partial charge in [-0.15, -0.1) is 11.3 Å². The monoisotopic (exact) mass is 372 g/mol. The van der Waals surface area contributed by atoms with E-state index in [-0.39, 0.29) is 5.91 Å². The second kappa shape index (κ2) is 7.84. The van der Waals surface area contributed by atoms with E-state index >= 15 is 0 Å². The summed E-state index contributed by atoms with van der Waals surface area (Å²) in [6, 6.07) is 9.78. The van der Waals surface area contributed by atoms with Crippen LogP contribution in [-0.4, -0.2) is 26.7 Å². The van der Waals surface area contributed by atoms with Crippen LogP contribution >= 0.6 is 23.1 Å². The summed E-state index contributed by atoms with van der Waals surface area (Å²) in [4.78, 5) is 21.6. The summed E-state index contributed by atoms with van der Waals surface area (Å²) in [7, 11) is 0. The van der Waals surface area contributed by atoms with E-state index in [9.17, 15) is 4.79 Å². The highest BCUT2D eigenvalue weighted by Gasteiger charge is 2.17. The van der Waals surface area contributed by atoms with Gasteiger partial charge in [-0.05, 0) is 18.4 Å². The number of hydrogen-bond acceptors (Lipinski definition) is 5. The molecule has 25 heavy (non-hydrogen) atoms. The Morgan fingerprint density at radius 1 is 1.32 bits per heavy atom. The van der Waals surface area contributed by atoms with E-state index in [0.29, 0.717) is 18.2 Å². The average molecular weight is 373 g/mol. The Balaban J connectivity index is 1.79. The van der Waals surface area contributed by atoms with Gasteiger partial charge in [0, 0.05) is 17.0 Å². The van der Waals surface area contributed by atoms with Gasteiger partial charge in [0.1, 0.15) is 5.69 Å². The molecule has 7 heteroatoms. The molecule has 3 rings (SSSR count). The van der Waals surface area contributed by atoms with Crippen LogP contribution in [0.4, 0.5) is 0 Å². The van der Waals surface area contributed by atoms with Crippen LogP contribution in [0.25, 0.3) is 5.69 Å². The van der Waals surface area contributed by atoms with Gasteiger partial charge in [0.05, 0.1) is 23.4 Å². The van der Waals surface area contributed by atoms with Crippen molar-refractivity contribution >= 4 is 29.0 Å². The molecule has 0 fully saturated rings. The number of aromatic nitrogens is 3. The van der Waals surface area contributed by atoms with Crippen LogP contribution < -0.4 is 5.32 Å². The molecule has 3 aromatic rings. The lowest BCUT2D eigenvalue weighted by Gasteiger charge is -2.10. The standard InChI is InChI=1S/C18H20N4OS2/c1-12(2)17-21-13(11-25-17)9-19-16(23)15-10-20-18(24-3)22(15)14-7-5-4-6-8-14/h4-8,10-12H,9H2,1-3H3,(H,19,23). The van der Waals surface area contributed by atoms with Gasteiger partial charge < -0.3 is 5.32 Å². The first kappa shape index (κ1) is 17.7. The van der Waals surface area contributed by atoms with Crippen molar-refractivity contribution in [3.8, 4) is 5.69 Å². The van der Waals surface area contributed by atoms with Crippen LogP contribution in [0.2, 0.25) is 0 Å². The summed E-state index contributed by atoms with van der Waals surface area (Å²) in [5.74, 6) is 0.244. The predicted molar refractivity (Wildman–Crippen MR) is 103 cm³/mol. The van der Waals surface area contributed by atoms with Crippen molar-refractivity contribution in [1.82, 2.24) is 19.9 Å². The minimum Gasteiger partial charge on any atom is -0.345 e. The Labute approximate surface area is 155 Å². The number of imidazole rings is 1. The lowest BCUT2D eigenvalue weighted by Crippen LogP contribution is -2.25. The smallest absolute Gasteiger partial charge is 0.270 e. The van der Waals surface area contributed by atoms with Gasteiger partial charge in [0.25, 0.3) is 5.91 Å². The normalized spacial score (nSPS) is 11.0. The number of rotatable bonds is 6. The molecule has 2 aromatic heterocycles. The summed E-state index contributed by atoms with van der Waals surface area (Å²) in [6.45, 7) is 4.64. The zero-order chi connectivity index (χ0) is 17.8. The molecule has 0 unspecified atom stereocenters. The third kappa shape index (κ3) is 3.93. The maximum atomic E-state index is 12.7. The maximum absolute atomic E-state index is 12.7. The number of para-hydroxylation sites is 1. The zero-order valence-corrected chi connectivity index (χ0v) is 16.0. The Bertz CT molecular complexity index is 855. The molecular weight excluding hydrogens is 352 g/mol. The van der Waals surface area contributed by atoms with Crippen molar-refractivity contribution in [2.45, 2.75) is 31.5 Å². The number of carbonyl (C=O) groups is 1. The second-order valence-corrected chi connectivity index (χ2v) is 7.48. The third-order valence-electron chi connectivity index (χ3n) is 3.65. The van der Waals surface area contributed by atoms with E-state index in [1.54, 1.807) is 17.5 Å². The summed E-state index contributed by atoms with van der Waals surface area (Å²) < 4.78 is 1.88. The number of nitrogens with zero attached hydrogens (tertiary/aromatic N) is 3. The molecular formula is C18H20N4OS2. The highest BCUT2D eigenvalue weighted by molar-refractivity contribution is 7.98. The Morgan fingerprint density at radius 2 is 2.08 bits per heavy atom. The molecule has 2 heterocycles. The van der Waals surface area contributed by atoms with Crippen LogP contribution in [0.15, 0.2) is 47.1 Å². The highest BCUT2D eigenvalue weighted by atomic mass is 32.2. The fourth-order valence-electron chi connectivity index (χ4n) is 2.40. The molecule has 1 N–H and O–H groups in total. The molecule has 0 saturated heterocycles. The van der Waals surface area contributed by atoms with Gasteiger partial charge in [-0.25, -0.2) is 9.97 Å². The van der Waals surface area contributed by atoms with Crippen molar-refractivity contribution in [1.29, 1.82) is 0 Å². The lowest BCUT2D eigenvalue weighted by molar-refractivity contribution is 0.0943. The van der Waals surface area contributed by atoms with Gasteiger partial charge in [0.15, 0.2) is 5.16 Å². The molecule has 0 aliphatic carbocycles. The Morgan fingerprint density at radius 3 is 2.72 bits per heavy atom. The minimum atomic E-state index is -0.157. The SMILES string of the molecule is CSc1ncc(C(=O)NCc2csc(C(C)C)n2)n1-c1ccccc1. The molecule has 0 aliphatic rings. The molecule has 1 aromatic carbocycles. The lowest BCUT2D eigenvalue weighted by atomic mass is 10.2. The first-order valence-corrected chi connectivity index (χ1v) is 10.1. The molecule has 1 amide bonds.